The molecule has 3 rings (SSSR count). The van der Waals surface area contributed by atoms with Gasteiger partial charge in [0.15, 0.2) is 0 Å². The molecule has 0 amide bonds. The summed E-state index contributed by atoms with van der Waals surface area (Å²) in [6.07, 6.45) is 4.11. The van der Waals surface area contributed by atoms with Crippen molar-refractivity contribution < 1.29 is 14.3 Å². The minimum absolute atomic E-state index is 0.102. The van der Waals surface area contributed by atoms with Gasteiger partial charge in [-0.3, -0.25) is 0 Å². The van der Waals surface area contributed by atoms with E-state index in [0.717, 1.165) is 38.9 Å². The third-order valence-corrected chi connectivity index (χ3v) is 5.29. The van der Waals surface area contributed by atoms with Crippen LogP contribution in [0.25, 0.3) is 0 Å². The number of esters is 1. The molecular formula is C13H17NO3S. The molecule has 1 saturated heterocycles. The number of hydrogen-bond acceptors (Lipinski definition) is 5. The Hall–Kier alpha value is -1.07. The van der Waals surface area contributed by atoms with Gasteiger partial charge in [0.05, 0.1) is 12.7 Å². The Morgan fingerprint density at radius 2 is 2.11 bits per heavy atom. The molecule has 1 aliphatic carbocycles. The second-order valence-corrected chi connectivity index (χ2v) is 6.16. The Morgan fingerprint density at radius 1 is 1.39 bits per heavy atom. The number of nitrogens with two attached hydrogens (primary N) is 1. The van der Waals surface area contributed by atoms with E-state index < -0.39 is 0 Å². The standard InChI is InChI=1S/C13H17NO3S/c1-16-12(15)9-10-8(18-11(9)14)2-3-13(10)4-6-17-7-5-13/h2-7,14H2,1H3. The minimum atomic E-state index is -0.294. The molecule has 0 bridgehead atoms. The van der Waals surface area contributed by atoms with Gasteiger partial charge < -0.3 is 15.2 Å². The van der Waals surface area contributed by atoms with Gasteiger partial charge in [-0.2, -0.15) is 0 Å². The monoisotopic (exact) mass is 267 g/mol. The molecule has 4 nitrogen and oxygen atoms in total. The summed E-state index contributed by atoms with van der Waals surface area (Å²) in [6, 6.07) is 0. The number of fused-ring (bicyclic) bond motifs is 2. The Morgan fingerprint density at radius 3 is 2.78 bits per heavy atom. The van der Waals surface area contributed by atoms with Gasteiger partial charge in [-0.25, -0.2) is 4.79 Å². The van der Waals surface area contributed by atoms with Gasteiger partial charge in [0.1, 0.15) is 5.00 Å². The molecule has 0 radical (unpaired) electrons. The van der Waals surface area contributed by atoms with Crippen molar-refractivity contribution in [2.75, 3.05) is 26.1 Å². The van der Waals surface area contributed by atoms with Crippen LogP contribution in [0.3, 0.4) is 0 Å². The van der Waals surface area contributed by atoms with E-state index in [1.54, 1.807) is 11.3 Å². The van der Waals surface area contributed by atoms with E-state index in [9.17, 15) is 4.79 Å². The van der Waals surface area contributed by atoms with E-state index >= 15 is 0 Å². The van der Waals surface area contributed by atoms with Gasteiger partial charge in [-0.1, -0.05) is 0 Å². The molecule has 18 heavy (non-hydrogen) atoms. The maximum absolute atomic E-state index is 12.0. The summed E-state index contributed by atoms with van der Waals surface area (Å²) in [5, 5.41) is 0.609. The highest BCUT2D eigenvalue weighted by atomic mass is 32.1. The fraction of sp³-hybridized carbons (Fsp3) is 0.615. The Kier molecular flexibility index (Phi) is 2.83. The van der Waals surface area contributed by atoms with Crippen molar-refractivity contribution in [3.8, 4) is 0 Å². The van der Waals surface area contributed by atoms with Crippen LogP contribution < -0.4 is 5.73 Å². The van der Waals surface area contributed by atoms with Gasteiger partial charge in [-0.15, -0.1) is 11.3 Å². The lowest BCUT2D eigenvalue weighted by Gasteiger charge is -2.34. The normalized spacial score (nSPS) is 20.9. The molecule has 1 spiro atoms. The van der Waals surface area contributed by atoms with Crippen LogP contribution in [0.5, 0.6) is 0 Å². The zero-order chi connectivity index (χ0) is 12.8. The number of nitrogen functional groups attached to an aromatic ring is 1. The number of hydrogen-bond donors (Lipinski definition) is 1. The molecule has 5 heteroatoms. The van der Waals surface area contributed by atoms with Crippen molar-refractivity contribution in [1.82, 2.24) is 0 Å². The molecule has 0 atom stereocenters. The van der Waals surface area contributed by atoms with Crippen LogP contribution in [-0.2, 0) is 21.3 Å². The first kappa shape index (κ1) is 12.0. The number of aryl methyl sites for hydroxylation is 1. The molecule has 0 unspecified atom stereocenters. The van der Waals surface area contributed by atoms with E-state index in [1.807, 2.05) is 0 Å². The molecule has 1 aromatic rings. The van der Waals surface area contributed by atoms with Crippen LogP contribution in [0.4, 0.5) is 5.00 Å². The molecule has 0 saturated carbocycles. The van der Waals surface area contributed by atoms with E-state index in [2.05, 4.69) is 0 Å². The van der Waals surface area contributed by atoms with Crippen LogP contribution in [-0.4, -0.2) is 26.3 Å². The smallest absolute Gasteiger partial charge is 0.341 e. The summed E-state index contributed by atoms with van der Waals surface area (Å²) in [5.74, 6) is -0.294. The van der Waals surface area contributed by atoms with Crippen molar-refractivity contribution >= 4 is 22.3 Å². The Labute approximate surface area is 110 Å². The molecule has 2 aliphatic rings. The molecule has 2 N–H and O–H groups in total. The van der Waals surface area contributed by atoms with Gasteiger partial charge in [-0.05, 0) is 31.2 Å². The summed E-state index contributed by atoms with van der Waals surface area (Å²) in [5.41, 5.74) is 7.90. The predicted molar refractivity (Wildman–Crippen MR) is 70.1 cm³/mol. The second kappa shape index (κ2) is 4.24. The predicted octanol–water partition coefficient (Wildman–Crippen LogP) is 2.11. The third-order valence-electron chi connectivity index (χ3n) is 4.21. The Balaban J connectivity index is 2.11. The first-order chi connectivity index (χ1) is 8.68. The number of carbonyl (C=O) groups is 1. The van der Waals surface area contributed by atoms with E-state index in [0.29, 0.717) is 10.6 Å². The number of rotatable bonds is 1. The average Bonchev–Trinajstić information content (AvgIpc) is 2.88. The van der Waals surface area contributed by atoms with E-state index in [4.69, 9.17) is 15.2 Å². The zero-order valence-corrected chi connectivity index (χ0v) is 11.3. The minimum Gasteiger partial charge on any atom is -0.465 e. The van der Waals surface area contributed by atoms with E-state index in [-0.39, 0.29) is 11.4 Å². The zero-order valence-electron chi connectivity index (χ0n) is 10.5. The maximum atomic E-state index is 12.0. The van der Waals surface area contributed by atoms with Gasteiger partial charge in [0.25, 0.3) is 0 Å². The first-order valence-electron chi connectivity index (χ1n) is 6.25. The van der Waals surface area contributed by atoms with Crippen molar-refractivity contribution in [1.29, 1.82) is 0 Å². The fourth-order valence-electron chi connectivity index (χ4n) is 3.28. The molecule has 2 heterocycles. The second-order valence-electron chi connectivity index (χ2n) is 5.02. The molecule has 1 aromatic heterocycles. The number of carbonyl (C=O) groups excluding carboxylic acids is 1. The number of anilines is 1. The highest BCUT2D eigenvalue weighted by Crippen LogP contribution is 2.52. The van der Waals surface area contributed by atoms with Crippen LogP contribution >= 0.6 is 11.3 Å². The number of methoxy groups -OCH3 is 1. The largest absolute Gasteiger partial charge is 0.465 e. The fourth-order valence-corrected chi connectivity index (χ4v) is 4.46. The number of thiophene rings is 1. The highest BCUT2D eigenvalue weighted by Gasteiger charge is 2.45. The molecule has 1 fully saturated rings. The maximum Gasteiger partial charge on any atom is 0.341 e. The number of ether oxygens (including phenoxy) is 2. The summed E-state index contributed by atoms with van der Waals surface area (Å²) in [6.45, 7) is 1.55. The topological polar surface area (TPSA) is 61.5 Å². The summed E-state index contributed by atoms with van der Waals surface area (Å²) in [7, 11) is 1.41. The molecule has 98 valence electrons. The molecule has 0 aromatic carbocycles. The molecular weight excluding hydrogens is 250 g/mol. The van der Waals surface area contributed by atoms with Gasteiger partial charge in [0.2, 0.25) is 0 Å². The van der Waals surface area contributed by atoms with Crippen molar-refractivity contribution in [3.63, 3.8) is 0 Å². The van der Waals surface area contributed by atoms with E-state index in [1.165, 1.54) is 17.6 Å². The lowest BCUT2D eigenvalue weighted by atomic mass is 9.74. The average molecular weight is 267 g/mol. The first-order valence-corrected chi connectivity index (χ1v) is 7.07. The SMILES string of the molecule is COC(=O)c1c(N)sc2c1C1(CCOCC1)CC2. The van der Waals surface area contributed by atoms with Crippen LogP contribution in [0.1, 0.15) is 40.1 Å². The summed E-state index contributed by atoms with van der Waals surface area (Å²) in [4.78, 5) is 13.2. The van der Waals surface area contributed by atoms with Gasteiger partial charge >= 0.3 is 5.97 Å². The highest BCUT2D eigenvalue weighted by molar-refractivity contribution is 7.16. The van der Waals surface area contributed by atoms with Crippen molar-refractivity contribution in [3.05, 3.63) is 16.0 Å². The summed E-state index contributed by atoms with van der Waals surface area (Å²) >= 11 is 1.55. The molecule has 1 aliphatic heterocycles. The quantitative estimate of drug-likeness (QED) is 0.792. The van der Waals surface area contributed by atoms with Crippen molar-refractivity contribution in [2.45, 2.75) is 31.1 Å². The summed E-state index contributed by atoms with van der Waals surface area (Å²) < 4.78 is 10.4. The lowest BCUT2D eigenvalue weighted by Crippen LogP contribution is -2.32. The van der Waals surface area contributed by atoms with Crippen LogP contribution in [0, 0.1) is 0 Å². The third kappa shape index (κ3) is 1.57. The Bertz CT molecular complexity index is 489. The van der Waals surface area contributed by atoms with Crippen molar-refractivity contribution in [2.24, 2.45) is 0 Å². The van der Waals surface area contributed by atoms with Crippen LogP contribution in [0.15, 0.2) is 0 Å². The lowest BCUT2D eigenvalue weighted by molar-refractivity contribution is 0.0481. The van der Waals surface area contributed by atoms with Gasteiger partial charge in [0, 0.05) is 23.5 Å². The van der Waals surface area contributed by atoms with Crippen LogP contribution in [0.2, 0.25) is 0 Å².